The first-order chi connectivity index (χ1) is 9.66. The van der Waals surface area contributed by atoms with Gasteiger partial charge in [0.2, 0.25) is 0 Å². The van der Waals surface area contributed by atoms with Gasteiger partial charge in [-0.25, -0.2) is 4.98 Å². The van der Waals surface area contributed by atoms with Crippen LogP contribution >= 0.6 is 11.6 Å². The molecule has 5 nitrogen and oxygen atoms in total. The molecule has 0 saturated heterocycles. The number of phenols is 1. The van der Waals surface area contributed by atoms with Crippen LogP contribution in [0, 0.1) is 0 Å². The highest BCUT2D eigenvalue weighted by atomic mass is 35.5. The van der Waals surface area contributed by atoms with Gasteiger partial charge in [-0.2, -0.15) is 0 Å². The molecule has 0 aliphatic carbocycles. The number of aromatic hydroxyl groups is 1. The van der Waals surface area contributed by atoms with Crippen LogP contribution in [0.4, 0.5) is 0 Å². The number of aromatic nitrogens is 2. The Kier molecular flexibility index (Phi) is 5.01. The van der Waals surface area contributed by atoms with Crippen molar-refractivity contribution in [3.05, 3.63) is 47.5 Å². The van der Waals surface area contributed by atoms with Crippen LogP contribution in [-0.2, 0) is 6.54 Å². The Balaban J connectivity index is 1.70. The molecule has 1 heterocycles. The van der Waals surface area contributed by atoms with Crippen molar-refractivity contribution in [2.45, 2.75) is 19.4 Å². The van der Waals surface area contributed by atoms with Gasteiger partial charge in [-0.15, -0.1) is 0 Å². The van der Waals surface area contributed by atoms with Crippen molar-refractivity contribution in [1.29, 1.82) is 0 Å². The summed E-state index contributed by atoms with van der Waals surface area (Å²) in [6.45, 7) is 1.49. The van der Waals surface area contributed by atoms with Gasteiger partial charge in [-0.3, -0.25) is 4.79 Å². The first-order valence-corrected chi connectivity index (χ1v) is 6.77. The van der Waals surface area contributed by atoms with E-state index in [2.05, 4.69) is 10.3 Å². The smallest absolute Gasteiger partial charge is 0.251 e. The van der Waals surface area contributed by atoms with E-state index in [1.165, 1.54) is 12.1 Å². The number of phenolic OH excluding ortho intramolecular Hbond substituents is 1. The van der Waals surface area contributed by atoms with E-state index in [0.717, 1.165) is 19.4 Å². The molecule has 1 aromatic carbocycles. The Bertz CT molecular complexity index is 570. The molecule has 6 heteroatoms. The summed E-state index contributed by atoms with van der Waals surface area (Å²) in [5.41, 5.74) is 0.447. The summed E-state index contributed by atoms with van der Waals surface area (Å²) in [7, 11) is 0. The zero-order chi connectivity index (χ0) is 14.4. The van der Waals surface area contributed by atoms with E-state index in [1.807, 2.05) is 10.8 Å². The summed E-state index contributed by atoms with van der Waals surface area (Å²) in [6, 6.07) is 4.41. The number of carbonyl (C=O) groups is 1. The molecule has 106 valence electrons. The van der Waals surface area contributed by atoms with Gasteiger partial charge in [0, 0.05) is 31.0 Å². The predicted molar refractivity (Wildman–Crippen MR) is 76.9 cm³/mol. The standard InChI is InChI=1S/C14H16ClN3O2/c15-12-9-11(3-4-13(12)19)14(20)17-5-1-2-7-18-8-6-16-10-18/h3-4,6,8-10,19H,1-2,5,7H2,(H,17,20). The van der Waals surface area contributed by atoms with Crippen molar-refractivity contribution in [2.24, 2.45) is 0 Å². The van der Waals surface area contributed by atoms with Crippen LogP contribution in [-0.4, -0.2) is 27.1 Å². The van der Waals surface area contributed by atoms with Gasteiger partial charge < -0.3 is 15.0 Å². The van der Waals surface area contributed by atoms with Crippen LogP contribution in [0.15, 0.2) is 36.9 Å². The van der Waals surface area contributed by atoms with Gasteiger partial charge in [0.1, 0.15) is 5.75 Å². The highest BCUT2D eigenvalue weighted by Crippen LogP contribution is 2.23. The second-order valence-electron chi connectivity index (χ2n) is 4.43. The van der Waals surface area contributed by atoms with Crippen molar-refractivity contribution in [2.75, 3.05) is 6.54 Å². The second-order valence-corrected chi connectivity index (χ2v) is 4.84. The Labute approximate surface area is 122 Å². The molecule has 0 unspecified atom stereocenters. The fourth-order valence-electron chi connectivity index (χ4n) is 1.79. The van der Waals surface area contributed by atoms with Crippen LogP contribution in [0.25, 0.3) is 0 Å². The maximum Gasteiger partial charge on any atom is 0.251 e. The Morgan fingerprint density at radius 2 is 2.25 bits per heavy atom. The zero-order valence-electron chi connectivity index (χ0n) is 10.9. The molecule has 0 aliphatic heterocycles. The molecule has 0 atom stereocenters. The summed E-state index contributed by atoms with van der Waals surface area (Å²) in [5.74, 6) is -0.210. The third-order valence-electron chi connectivity index (χ3n) is 2.90. The summed E-state index contributed by atoms with van der Waals surface area (Å²) < 4.78 is 2.00. The van der Waals surface area contributed by atoms with E-state index in [0.29, 0.717) is 12.1 Å². The molecule has 2 N–H and O–H groups in total. The van der Waals surface area contributed by atoms with E-state index < -0.39 is 0 Å². The van der Waals surface area contributed by atoms with E-state index in [-0.39, 0.29) is 16.7 Å². The van der Waals surface area contributed by atoms with Crippen molar-refractivity contribution < 1.29 is 9.90 Å². The highest BCUT2D eigenvalue weighted by Gasteiger charge is 2.07. The maximum absolute atomic E-state index is 11.8. The van der Waals surface area contributed by atoms with E-state index in [1.54, 1.807) is 18.6 Å². The molecule has 0 saturated carbocycles. The van der Waals surface area contributed by atoms with Gasteiger partial charge >= 0.3 is 0 Å². The van der Waals surface area contributed by atoms with Gasteiger partial charge in [0.25, 0.3) is 5.91 Å². The third-order valence-corrected chi connectivity index (χ3v) is 3.20. The second kappa shape index (κ2) is 6.96. The number of rotatable bonds is 6. The van der Waals surface area contributed by atoms with Crippen molar-refractivity contribution in [3.63, 3.8) is 0 Å². The number of nitrogens with zero attached hydrogens (tertiary/aromatic N) is 2. The zero-order valence-corrected chi connectivity index (χ0v) is 11.7. The number of benzene rings is 1. The topological polar surface area (TPSA) is 67.2 Å². The molecule has 0 aliphatic rings. The quantitative estimate of drug-likeness (QED) is 0.804. The molecule has 0 spiro atoms. The minimum Gasteiger partial charge on any atom is -0.506 e. The van der Waals surface area contributed by atoms with Crippen molar-refractivity contribution >= 4 is 17.5 Å². The molecule has 0 radical (unpaired) electrons. The predicted octanol–water partition coefficient (Wildman–Crippen LogP) is 2.45. The SMILES string of the molecule is O=C(NCCCCn1ccnc1)c1ccc(O)c(Cl)c1. The molecule has 1 aromatic heterocycles. The molecule has 0 bridgehead atoms. The first-order valence-electron chi connectivity index (χ1n) is 6.39. The number of imidazole rings is 1. The van der Waals surface area contributed by atoms with Crippen LogP contribution in [0.1, 0.15) is 23.2 Å². The monoisotopic (exact) mass is 293 g/mol. The van der Waals surface area contributed by atoms with E-state index in [9.17, 15) is 9.90 Å². The third kappa shape index (κ3) is 3.99. The molecule has 0 fully saturated rings. The lowest BCUT2D eigenvalue weighted by molar-refractivity contribution is 0.0953. The molecule has 1 amide bonds. The van der Waals surface area contributed by atoms with E-state index >= 15 is 0 Å². The Morgan fingerprint density at radius 3 is 2.95 bits per heavy atom. The normalized spacial score (nSPS) is 10.4. The number of carbonyl (C=O) groups excluding carboxylic acids is 1. The fourth-order valence-corrected chi connectivity index (χ4v) is 1.97. The van der Waals surface area contributed by atoms with E-state index in [4.69, 9.17) is 11.6 Å². The number of amides is 1. The number of unbranched alkanes of at least 4 members (excludes halogenated alkanes) is 1. The number of nitrogens with one attached hydrogen (secondary N) is 1. The van der Waals surface area contributed by atoms with Crippen molar-refractivity contribution in [1.82, 2.24) is 14.9 Å². The average molecular weight is 294 g/mol. The van der Waals surface area contributed by atoms with Crippen LogP contribution in [0.3, 0.4) is 0 Å². The first kappa shape index (κ1) is 14.4. The van der Waals surface area contributed by atoms with Gasteiger partial charge in [-0.05, 0) is 31.0 Å². The number of halogens is 1. The van der Waals surface area contributed by atoms with Crippen LogP contribution < -0.4 is 5.32 Å². The van der Waals surface area contributed by atoms with Crippen molar-refractivity contribution in [3.8, 4) is 5.75 Å². The largest absolute Gasteiger partial charge is 0.506 e. The Hall–Kier alpha value is -2.01. The van der Waals surface area contributed by atoms with Crippen LogP contribution in [0.5, 0.6) is 5.75 Å². The molecule has 20 heavy (non-hydrogen) atoms. The number of hydrogen-bond donors (Lipinski definition) is 2. The van der Waals surface area contributed by atoms with Gasteiger partial charge in [-0.1, -0.05) is 11.6 Å². The summed E-state index contributed by atoms with van der Waals surface area (Å²) >= 11 is 5.76. The lowest BCUT2D eigenvalue weighted by Crippen LogP contribution is -2.24. The van der Waals surface area contributed by atoms with Gasteiger partial charge in [0.05, 0.1) is 11.3 Å². The lowest BCUT2D eigenvalue weighted by atomic mass is 10.2. The lowest BCUT2D eigenvalue weighted by Gasteiger charge is -2.06. The number of hydrogen-bond acceptors (Lipinski definition) is 3. The number of aryl methyl sites for hydroxylation is 1. The summed E-state index contributed by atoms with van der Waals surface area (Å²) in [4.78, 5) is 15.8. The summed E-state index contributed by atoms with van der Waals surface area (Å²) in [6.07, 6.45) is 7.28. The highest BCUT2D eigenvalue weighted by molar-refractivity contribution is 6.32. The molecular weight excluding hydrogens is 278 g/mol. The molecular formula is C14H16ClN3O2. The molecule has 2 rings (SSSR count). The molecule has 2 aromatic rings. The average Bonchev–Trinajstić information content (AvgIpc) is 2.94. The fraction of sp³-hybridized carbons (Fsp3) is 0.286. The Morgan fingerprint density at radius 1 is 1.40 bits per heavy atom. The van der Waals surface area contributed by atoms with Gasteiger partial charge in [0.15, 0.2) is 0 Å². The summed E-state index contributed by atoms with van der Waals surface area (Å²) in [5, 5.41) is 12.3. The minimum absolute atomic E-state index is 0.0245. The van der Waals surface area contributed by atoms with Crippen LogP contribution in [0.2, 0.25) is 5.02 Å². The maximum atomic E-state index is 11.8. The minimum atomic E-state index is -0.186.